The Hall–Kier alpha value is -3.97. The minimum atomic E-state index is -4.66. The Morgan fingerprint density at radius 2 is 1.43 bits per heavy atom. The molecule has 2 atom stereocenters. The van der Waals surface area contributed by atoms with Crippen molar-refractivity contribution >= 4 is 33.3 Å². The van der Waals surface area contributed by atoms with E-state index in [1.165, 1.54) is 33.3 Å². The molecule has 42 heavy (non-hydrogen) atoms. The fourth-order valence-corrected chi connectivity index (χ4v) is 4.61. The number of rotatable bonds is 12. The summed E-state index contributed by atoms with van der Waals surface area (Å²) >= 11 is 0. The van der Waals surface area contributed by atoms with Crippen molar-refractivity contribution in [3.63, 3.8) is 0 Å². The summed E-state index contributed by atoms with van der Waals surface area (Å²) in [5.74, 6) is -1.18. The molecule has 0 aromatic heterocycles. The van der Waals surface area contributed by atoms with Gasteiger partial charge in [0.15, 0.2) is 11.6 Å². The molecule has 0 fully saturated rings. The molecule has 1 amide bonds. The van der Waals surface area contributed by atoms with Gasteiger partial charge in [-0.25, -0.2) is 0 Å². The standard InChI is InChI=1S/C19H21NO7S.C11H14O2.FH/c1-13(21)19(27-3,12-14-7-5-4-6-8-14)18(22)20-16-10-9-15(26-2)11-17(16)28(23,24)25;1-9(12)11(13-2)8-10-6-4-3-5-7-10;/h4-11H,12H2,1-3H3,(H,20,22)(H,23,24,25);3-7,11H,8H2,1-2H3;1H. The first-order valence-electron chi connectivity index (χ1n) is 12.5. The molecule has 12 heteroatoms. The highest BCUT2D eigenvalue weighted by molar-refractivity contribution is 7.86. The molecule has 3 aromatic carbocycles. The Morgan fingerprint density at radius 3 is 1.86 bits per heavy atom. The number of amides is 1. The van der Waals surface area contributed by atoms with Crippen molar-refractivity contribution in [1.82, 2.24) is 0 Å². The molecule has 0 aliphatic carbocycles. The van der Waals surface area contributed by atoms with Gasteiger partial charge in [0.2, 0.25) is 5.60 Å². The molecule has 0 aliphatic rings. The molecule has 2 N–H and O–H groups in total. The second kappa shape index (κ2) is 16.5. The summed E-state index contributed by atoms with van der Waals surface area (Å²) in [6, 6.07) is 22.4. The SMILES string of the molecule is COC(Cc1ccccc1)C(C)=O.COc1ccc(NC(=O)C(Cc2ccccc2)(OC)C(C)=O)c(S(=O)(=O)O)c1.F. The van der Waals surface area contributed by atoms with Gasteiger partial charge in [0.1, 0.15) is 16.7 Å². The molecule has 0 radical (unpaired) electrons. The lowest BCUT2D eigenvalue weighted by molar-refractivity contribution is -0.151. The van der Waals surface area contributed by atoms with E-state index in [9.17, 15) is 27.4 Å². The molecular formula is C30H36FNO9S. The van der Waals surface area contributed by atoms with Gasteiger partial charge in [-0.15, -0.1) is 0 Å². The largest absolute Gasteiger partial charge is 0.497 e. The summed E-state index contributed by atoms with van der Waals surface area (Å²) in [4.78, 5) is 35.8. The van der Waals surface area contributed by atoms with E-state index in [1.807, 2.05) is 30.3 Å². The molecule has 0 bridgehead atoms. The van der Waals surface area contributed by atoms with Crippen molar-refractivity contribution in [2.24, 2.45) is 0 Å². The van der Waals surface area contributed by atoms with Crippen LogP contribution >= 0.6 is 0 Å². The minimum Gasteiger partial charge on any atom is -0.497 e. The van der Waals surface area contributed by atoms with Crippen molar-refractivity contribution in [3.05, 3.63) is 90.0 Å². The van der Waals surface area contributed by atoms with Crippen LogP contribution in [0.3, 0.4) is 0 Å². The highest BCUT2D eigenvalue weighted by Crippen LogP contribution is 2.28. The van der Waals surface area contributed by atoms with Gasteiger partial charge in [-0.3, -0.25) is 23.6 Å². The van der Waals surface area contributed by atoms with Crippen LogP contribution in [0, 0.1) is 0 Å². The van der Waals surface area contributed by atoms with Gasteiger partial charge in [0.25, 0.3) is 16.0 Å². The maximum Gasteiger partial charge on any atom is 0.296 e. The number of ether oxygens (including phenoxy) is 3. The Morgan fingerprint density at radius 1 is 0.881 bits per heavy atom. The van der Waals surface area contributed by atoms with Crippen LogP contribution in [-0.4, -0.2) is 63.5 Å². The number of anilines is 1. The van der Waals surface area contributed by atoms with Crippen molar-refractivity contribution < 1.29 is 46.3 Å². The average Bonchev–Trinajstić information content (AvgIpc) is 2.95. The third-order valence-corrected chi connectivity index (χ3v) is 7.19. The van der Waals surface area contributed by atoms with E-state index in [1.54, 1.807) is 44.4 Å². The number of carbonyl (C=O) groups is 3. The predicted octanol–water partition coefficient (Wildman–Crippen LogP) is 4.08. The molecule has 0 heterocycles. The van der Waals surface area contributed by atoms with Crippen LogP contribution in [0.1, 0.15) is 25.0 Å². The molecular weight excluding hydrogens is 569 g/mol. The number of Topliss-reactive ketones (excluding diaryl/α,β-unsaturated/α-hetero) is 2. The topological polar surface area (TPSA) is 145 Å². The maximum absolute atomic E-state index is 13.0. The molecule has 0 saturated heterocycles. The monoisotopic (exact) mass is 605 g/mol. The van der Waals surface area contributed by atoms with Crippen molar-refractivity contribution in [2.75, 3.05) is 26.6 Å². The van der Waals surface area contributed by atoms with Gasteiger partial charge < -0.3 is 19.5 Å². The third-order valence-electron chi connectivity index (χ3n) is 6.30. The van der Waals surface area contributed by atoms with Gasteiger partial charge in [0, 0.05) is 33.1 Å². The smallest absolute Gasteiger partial charge is 0.296 e. The lowest BCUT2D eigenvalue weighted by atomic mass is 9.89. The van der Waals surface area contributed by atoms with E-state index < -0.39 is 32.3 Å². The first-order chi connectivity index (χ1) is 19.4. The van der Waals surface area contributed by atoms with Gasteiger partial charge >= 0.3 is 0 Å². The minimum absolute atomic E-state index is 0. The molecule has 0 aliphatic heterocycles. The van der Waals surface area contributed by atoms with E-state index in [4.69, 9.17) is 14.2 Å². The zero-order valence-corrected chi connectivity index (χ0v) is 24.8. The van der Waals surface area contributed by atoms with Crippen molar-refractivity contribution in [1.29, 1.82) is 0 Å². The van der Waals surface area contributed by atoms with Crippen LogP contribution < -0.4 is 10.1 Å². The van der Waals surface area contributed by atoms with Crippen LogP contribution in [0.4, 0.5) is 10.4 Å². The van der Waals surface area contributed by atoms with E-state index in [2.05, 4.69) is 5.32 Å². The first-order valence-corrected chi connectivity index (χ1v) is 14.0. The molecule has 0 saturated carbocycles. The quantitative estimate of drug-likeness (QED) is 0.230. The van der Waals surface area contributed by atoms with Gasteiger partial charge in [0.05, 0.1) is 12.8 Å². The van der Waals surface area contributed by atoms with E-state index in [0.717, 1.165) is 11.6 Å². The fourth-order valence-electron chi connectivity index (χ4n) is 3.95. The Bertz CT molecular complexity index is 1430. The van der Waals surface area contributed by atoms with E-state index in [-0.39, 0.29) is 34.4 Å². The normalized spacial score (nSPS) is 12.8. The Balaban J connectivity index is 0.000000529. The number of methoxy groups -OCH3 is 3. The van der Waals surface area contributed by atoms with E-state index in [0.29, 0.717) is 12.0 Å². The highest BCUT2D eigenvalue weighted by Gasteiger charge is 2.44. The summed E-state index contributed by atoms with van der Waals surface area (Å²) in [7, 11) is -0.549. The summed E-state index contributed by atoms with van der Waals surface area (Å²) in [6.07, 6.45) is 0.303. The molecule has 3 rings (SSSR count). The summed E-state index contributed by atoms with van der Waals surface area (Å²) in [5.41, 5.74) is -0.273. The molecule has 10 nitrogen and oxygen atoms in total. The number of ketones is 2. The van der Waals surface area contributed by atoms with Crippen molar-refractivity contribution in [3.8, 4) is 5.75 Å². The molecule has 3 aromatic rings. The number of carbonyl (C=O) groups excluding carboxylic acids is 3. The maximum atomic E-state index is 13.0. The number of hydrogen-bond donors (Lipinski definition) is 2. The zero-order chi connectivity index (χ0) is 30.6. The number of nitrogens with one attached hydrogen (secondary N) is 1. The molecule has 228 valence electrons. The Kier molecular flexibility index (Phi) is 14.1. The number of halogens is 1. The molecule has 0 spiro atoms. The van der Waals surface area contributed by atoms with Crippen LogP contribution in [0.25, 0.3) is 0 Å². The zero-order valence-electron chi connectivity index (χ0n) is 24.0. The van der Waals surface area contributed by atoms with Crippen LogP contribution in [0.15, 0.2) is 83.8 Å². The summed E-state index contributed by atoms with van der Waals surface area (Å²) in [6.45, 7) is 2.76. The third kappa shape index (κ3) is 9.84. The lowest BCUT2D eigenvalue weighted by Gasteiger charge is -2.29. The van der Waals surface area contributed by atoms with Gasteiger partial charge in [-0.1, -0.05) is 60.7 Å². The first kappa shape index (κ1) is 36.1. The summed E-state index contributed by atoms with van der Waals surface area (Å²) < 4.78 is 48.2. The van der Waals surface area contributed by atoms with Crippen molar-refractivity contribution in [2.45, 2.75) is 43.3 Å². The lowest BCUT2D eigenvalue weighted by Crippen LogP contribution is -2.52. The summed E-state index contributed by atoms with van der Waals surface area (Å²) in [5, 5.41) is 2.38. The van der Waals surface area contributed by atoms with Gasteiger partial charge in [-0.2, -0.15) is 8.42 Å². The molecule has 2 unspecified atom stereocenters. The Labute approximate surface area is 245 Å². The van der Waals surface area contributed by atoms with E-state index >= 15 is 0 Å². The number of hydrogen-bond acceptors (Lipinski definition) is 8. The second-order valence-corrected chi connectivity index (χ2v) is 10.5. The van der Waals surface area contributed by atoms with Crippen LogP contribution in [0.2, 0.25) is 0 Å². The second-order valence-electron chi connectivity index (χ2n) is 9.07. The van der Waals surface area contributed by atoms with Crippen LogP contribution in [0.5, 0.6) is 5.75 Å². The predicted molar refractivity (Wildman–Crippen MR) is 156 cm³/mol. The highest BCUT2D eigenvalue weighted by atomic mass is 32.2. The van der Waals surface area contributed by atoms with Crippen LogP contribution in [-0.2, 0) is 46.8 Å². The average molecular weight is 606 g/mol. The van der Waals surface area contributed by atoms with Gasteiger partial charge in [-0.05, 0) is 37.1 Å². The number of benzene rings is 3. The fraction of sp³-hybridized carbons (Fsp3) is 0.300.